The van der Waals surface area contributed by atoms with Crippen LogP contribution in [0.1, 0.15) is 60.3 Å². The van der Waals surface area contributed by atoms with E-state index in [0.29, 0.717) is 12.0 Å². The third-order valence-electron chi connectivity index (χ3n) is 5.14. The monoisotopic (exact) mass is 354 g/mol. The van der Waals surface area contributed by atoms with Gasteiger partial charge in [0.15, 0.2) is 5.96 Å². The van der Waals surface area contributed by atoms with Crippen molar-refractivity contribution >= 4 is 5.96 Å². The zero-order valence-electron chi connectivity index (χ0n) is 17.5. The molecule has 0 bridgehead atoms. The first-order chi connectivity index (χ1) is 11.9. The van der Waals surface area contributed by atoms with Gasteiger partial charge >= 0.3 is 0 Å². The summed E-state index contributed by atoms with van der Waals surface area (Å²) in [5, 5.41) is 6.96. The summed E-state index contributed by atoms with van der Waals surface area (Å²) in [7, 11) is 1.85. The second-order valence-electron chi connectivity index (χ2n) is 8.17. The maximum absolute atomic E-state index is 6.07. The van der Waals surface area contributed by atoms with Crippen LogP contribution in [0.15, 0.2) is 4.99 Å². The molecule has 1 aliphatic heterocycles. The van der Waals surface area contributed by atoms with Crippen molar-refractivity contribution in [2.24, 2.45) is 16.3 Å². The molecule has 0 aromatic rings. The minimum Gasteiger partial charge on any atom is -0.377 e. The van der Waals surface area contributed by atoms with E-state index in [-0.39, 0.29) is 5.41 Å². The fraction of sp³-hybridized carbons (Fsp3) is 0.950. The maximum atomic E-state index is 6.07. The van der Waals surface area contributed by atoms with E-state index in [9.17, 15) is 0 Å². The third kappa shape index (κ3) is 8.41. The topological polar surface area (TPSA) is 48.9 Å². The van der Waals surface area contributed by atoms with E-state index in [1.54, 1.807) is 0 Å². The highest BCUT2D eigenvalue weighted by molar-refractivity contribution is 5.79. The second kappa shape index (κ2) is 11.7. The lowest BCUT2D eigenvalue weighted by atomic mass is 9.78. The van der Waals surface area contributed by atoms with Gasteiger partial charge in [0.1, 0.15) is 0 Å². The Balaban J connectivity index is 2.29. The van der Waals surface area contributed by atoms with E-state index in [1.165, 1.54) is 25.8 Å². The number of ether oxygens (including phenoxy) is 1. The van der Waals surface area contributed by atoms with Crippen LogP contribution >= 0.6 is 0 Å². The Labute approximate surface area is 156 Å². The summed E-state index contributed by atoms with van der Waals surface area (Å²) in [5.41, 5.74) is 0.189. The van der Waals surface area contributed by atoms with Gasteiger partial charge in [-0.3, -0.25) is 4.99 Å². The zero-order chi connectivity index (χ0) is 18.7. The molecule has 0 saturated carbocycles. The summed E-state index contributed by atoms with van der Waals surface area (Å²) in [6.45, 7) is 17.6. The van der Waals surface area contributed by atoms with Gasteiger partial charge in [0.05, 0.1) is 6.10 Å². The second-order valence-corrected chi connectivity index (χ2v) is 8.17. The first-order valence-electron chi connectivity index (χ1n) is 10.2. The Bertz CT molecular complexity index is 374. The van der Waals surface area contributed by atoms with Crippen molar-refractivity contribution in [1.82, 2.24) is 15.5 Å². The molecule has 5 nitrogen and oxygen atoms in total. The van der Waals surface area contributed by atoms with Gasteiger partial charge in [0, 0.05) is 32.7 Å². The molecular formula is C20H42N4O. The normalized spacial score (nSPS) is 22.3. The summed E-state index contributed by atoms with van der Waals surface area (Å²) < 4.78 is 6.07. The Morgan fingerprint density at radius 1 is 1.16 bits per heavy atom. The van der Waals surface area contributed by atoms with Crippen LogP contribution < -0.4 is 10.6 Å². The molecule has 1 fully saturated rings. The molecule has 5 heteroatoms. The van der Waals surface area contributed by atoms with Gasteiger partial charge in [-0.2, -0.15) is 0 Å². The van der Waals surface area contributed by atoms with Gasteiger partial charge in [0.25, 0.3) is 0 Å². The molecule has 148 valence electrons. The van der Waals surface area contributed by atoms with Gasteiger partial charge in [-0.05, 0) is 50.7 Å². The molecule has 1 heterocycles. The summed E-state index contributed by atoms with van der Waals surface area (Å²) in [6, 6.07) is 0. The highest BCUT2D eigenvalue weighted by Gasteiger charge is 2.35. The third-order valence-corrected chi connectivity index (χ3v) is 5.14. The van der Waals surface area contributed by atoms with Crippen LogP contribution in [0, 0.1) is 11.3 Å². The average molecular weight is 355 g/mol. The van der Waals surface area contributed by atoms with Crippen molar-refractivity contribution in [3.05, 3.63) is 0 Å². The molecule has 2 N–H and O–H groups in total. The number of hydrogen-bond donors (Lipinski definition) is 2. The Kier molecular flexibility index (Phi) is 10.4. The molecule has 1 saturated heterocycles. The number of rotatable bonds is 9. The predicted molar refractivity (Wildman–Crippen MR) is 108 cm³/mol. The number of guanidine groups is 1. The fourth-order valence-electron chi connectivity index (χ4n) is 3.66. The summed E-state index contributed by atoms with van der Waals surface area (Å²) in [4.78, 5) is 6.84. The lowest BCUT2D eigenvalue weighted by Crippen LogP contribution is -2.47. The molecule has 0 aromatic carbocycles. The largest absolute Gasteiger partial charge is 0.377 e. The van der Waals surface area contributed by atoms with E-state index in [1.807, 2.05) is 7.05 Å². The number of nitrogens with one attached hydrogen (secondary N) is 2. The van der Waals surface area contributed by atoms with Gasteiger partial charge in [-0.15, -0.1) is 0 Å². The van der Waals surface area contributed by atoms with Crippen LogP contribution in [-0.2, 0) is 4.74 Å². The van der Waals surface area contributed by atoms with Crippen LogP contribution in [0.3, 0.4) is 0 Å². The van der Waals surface area contributed by atoms with Crippen molar-refractivity contribution in [3.8, 4) is 0 Å². The average Bonchev–Trinajstić information content (AvgIpc) is 2.60. The number of nitrogens with zero attached hydrogens (tertiary/aromatic N) is 2. The molecule has 0 radical (unpaired) electrons. The highest BCUT2D eigenvalue weighted by atomic mass is 16.5. The van der Waals surface area contributed by atoms with Gasteiger partial charge in [0.2, 0.25) is 0 Å². The quantitative estimate of drug-likeness (QED) is 0.379. The Morgan fingerprint density at radius 2 is 1.88 bits per heavy atom. The molecule has 2 atom stereocenters. The Hall–Kier alpha value is -0.810. The van der Waals surface area contributed by atoms with Crippen LogP contribution in [0.4, 0.5) is 0 Å². The van der Waals surface area contributed by atoms with E-state index >= 15 is 0 Å². The van der Waals surface area contributed by atoms with Crippen LogP contribution in [-0.4, -0.2) is 63.3 Å². The van der Waals surface area contributed by atoms with Gasteiger partial charge in [-0.25, -0.2) is 0 Å². The lowest BCUT2D eigenvalue weighted by Gasteiger charge is -2.40. The van der Waals surface area contributed by atoms with Crippen molar-refractivity contribution in [2.45, 2.75) is 66.4 Å². The van der Waals surface area contributed by atoms with E-state index in [2.05, 4.69) is 55.1 Å². The van der Waals surface area contributed by atoms with Crippen molar-refractivity contribution in [3.63, 3.8) is 0 Å². The first kappa shape index (κ1) is 22.2. The molecule has 25 heavy (non-hydrogen) atoms. The van der Waals surface area contributed by atoms with E-state index in [0.717, 1.165) is 45.2 Å². The van der Waals surface area contributed by atoms with Crippen LogP contribution in [0.5, 0.6) is 0 Å². The number of hydrogen-bond acceptors (Lipinski definition) is 3. The molecule has 2 unspecified atom stereocenters. The van der Waals surface area contributed by atoms with Crippen molar-refractivity contribution in [2.75, 3.05) is 46.4 Å². The first-order valence-corrected chi connectivity index (χ1v) is 10.2. The Morgan fingerprint density at radius 3 is 2.48 bits per heavy atom. The van der Waals surface area contributed by atoms with Crippen LogP contribution in [0.2, 0.25) is 0 Å². The smallest absolute Gasteiger partial charge is 0.190 e. The molecule has 1 rings (SSSR count). The molecular weight excluding hydrogens is 312 g/mol. The van der Waals surface area contributed by atoms with Gasteiger partial charge in [-0.1, -0.05) is 34.6 Å². The number of unbranched alkanes of at least 4 members (excludes halogenated alkanes) is 1. The molecule has 0 amide bonds. The van der Waals surface area contributed by atoms with E-state index < -0.39 is 0 Å². The van der Waals surface area contributed by atoms with Crippen LogP contribution in [0.25, 0.3) is 0 Å². The number of aliphatic imine (C=N–C) groups is 1. The zero-order valence-corrected chi connectivity index (χ0v) is 17.5. The standard InChI is InChI=1S/C20H42N4O/c1-7-24(8-2)14-10-9-13-22-19(21-6)23-16-17-12-11-15-25-18(17)20(3,4)5/h17-18H,7-16H2,1-6H3,(H2,21,22,23). The molecule has 0 aliphatic carbocycles. The van der Waals surface area contributed by atoms with Gasteiger partial charge < -0.3 is 20.3 Å². The summed E-state index contributed by atoms with van der Waals surface area (Å²) >= 11 is 0. The SMILES string of the molecule is CCN(CC)CCCCNC(=NC)NCC1CCCOC1C(C)(C)C. The molecule has 0 aromatic heterocycles. The molecule has 0 spiro atoms. The van der Waals surface area contributed by atoms with Crippen molar-refractivity contribution in [1.29, 1.82) is 0 Å². The van der Waals surface area contributed by atoms with E-state index in [4.69, 9.17) is 4.74 Å². The van der Waals surface area contributed by atoms with Crippen molar-refractivity contribution < 1.29 is 4.74 Å². The summed E-state index contributed by atoms with van der Waals surface area (Å²) in [6.07, 6.45) is 5.12. The predicted octanol–water partition coefficient (Wildman–Crippen LogP) is 3.11. The minimum absolute atomic E-state index is 0.189. The minimum atomic E-state index is 0.189. The lowest BCUT2D eigenvalue weighted by molar-refractivity contribution is -0.0835. The highest BCUT2D eigenvalue weighted by Crippen LogP contribution is 2.33. The molecule has 1 aliphatic rings. The summed E-state index contributed by atoms with van der Waals surface area (Å²) in [5.74, 6) is 1.47. The fourth-order valence-corrected chi connectivity index (χ4v) is 3.66. The maximum Gasteiger partial charge on any atom is 0.190 e.